The first-order valence-corrected chi connectivity index (χ1v) is 6.30. The minimum atomic E-state index is -4.47. The number of hydrogen-bond acceptors (Lipinski definition) is 2. The monoisotopic (exact) mass is 317 g/mol. The molecule has 0 spiro atoms. The zero-order valence-electron chi connectivity index (χ0n) is 10.9. The Bertz CT molecular complexity index is 731. The van der Waals surface area contributed by atoms with Gasteiger partial charge in [0.15, 0.2) is 0 Å². The van der Waals surface area contributed by atoms with Crippen molar-refractivity contribution in [2.45, 2.75) is 19.6 Å². The van der Waals surface area contributed by atoms with Crippen LogP contribution in [0.2, 0.25) is 5.02 Å². The van der Waals surface area contributed by atoms with Crippen molar-refractivity contribution >= 4 is 23.1 Å². The molecule has 0 amide bonds. The highest BCUT2D eigenvalue weighted by atomic mass is 35.5. The number of nitrogens with one attached hydrogen (secondary N) is 1. The molecule has 2 rings (SSSR count). The van der Waals surface area contributed by atoms with E-state index in [1.54, 1.807) is 6.20 Å². The van der Waals surface area contributed by atoms with Gasteiger partial charge in [-0.2, -0.15) is 13.2 Å². The third kappa shape index (κ3) is 3.75. The predicted octanol–water partition coefficient (Wildman–Crippen LogP) is 3.31. The van der Waals surface area contributed by atoms with E-state index >= 15 is 0 Å². The van der Waals surface area contributed by atoms with Gasteiger partial charge < -0.3 is 9.55 Å². The number of H-pyrrole nitrogens is 1. The second-order valence-electron chi connectivity index (χ2n) is 4.39. The summed E-state index contributed by atoms with van der Waals surface area (Å²) in [6, 6.07) is 2.89. The first kappa shape index (κ1) is 15.4. The van der Waals surface area contributed by atoms with Crippen LogP contribution in [0.4, 0.5) is 18.9 Å². The van der Waals surface area contributed by atoms with Crippen molar-refractivity contribution in [3.63, 3.8) is 0 Å². The van der Waals surface area contributed by atoms with E-state index < -0.39 is 11.7 Å². The van der Waals surface area contributed by atoms with E-state index in [2.05, 4.69) is 9.98 Å². The summed E-state index contributed by atoms with van der Waals surface area (Å²) in [5, 5.41) is 0.0898. The van der Waals surface area contributed by atoms with Crippen molar-refractivity contribution in [1.82, 2.24) is 9.55 Å². The standard InChI is InChI=1S/C13H11ClF3N3O/c1-8(21)7-20-5-4-18-12(20)19-11-6-9(13(15,16)17)2-3-10(11)14/h2-6H,7H2,1H3,(H,18,19). The molecule has 1 N–H and O–H groups in total. The third-order valence-corrected chi connectivity index (χ3v) is 2.95. The summed E-state index contributed by atoms with van der Waals surface area (Å²) in [5.74, 6) is -0.105. The maximum atomic E-state index is 12.7. The maximum Gasteiger partial charge on any atom is 0.416 e. The van der Waals surface area contributed by atoms with Crippen molar-refractivity contribution in [3.05, 3.63) is 46.8 Å². The highest BCUT2D eigenvalue weighted by Gasteiger charge is 2.30. The number of imidazole rings is 1. The van der Waals surface area contributed by atoms with Gasteiger partial charge in [-0.3, -0.25) is 4.79 Å². The number of carbonyl (C=O) groups excluding carboxylic acids is 1. The fourth-order valence-corrected chi connectivity index (χ4v) is 1.87. The van der Waals surface area contributed by atoms with Gasteiger partial charge in [0.25, 0.3) is 0 Å². The summed E-state index contributed by atoms with van der Waals surface area (Å²) in [4.78, 5) is 17.9. The van der Waals surface area contributed by atoms with Crippen molar-refractivity contribution < 1.29 is 18.0 Å². The smallest absolute Gasteiger partial charge is 0.331 e. The van der Waals surface area contributed by atoms with Gasteiger partial charge in [-0.05, 0) is 25.1 Å². The van der Waals surface area contributed by atoms with Crippen molar-refractivity contribution in [2.75, 3.05) is 0 Å². The number of rotatable bonds is 3. The minimum absolute atomic E-state index is 0.0220. The van der Waals surface area contributed by atoms with Crippen LogP contribution in [0.15, 0.2) is 35.6 Å². The molecule has 112 valence electrons. The molecule has 4 nitrogen and oxygen atoms in total. The zero-order valence-corrected chi connectivity index (χ0v) is 11.7. The molecule has 0 atom stereocenters. The van der Waals surface area contributed by atoms with Crippen LogP contribution in [-0.4, -0.2) is 15.3 Å². The van der Waals surface area contributed by atoms with Crippen LogP contribution in [0.1, 0.15) is 12.5 Å². The molecule has 0 bridgehead atoms. The fourth-order valence-electron chi connectivity index (χ4n) is 1.71. The molecule has 0 unspecified atom stereocenters. The Labute approximate surface area is 122 Å². The Balaban J connectivity index is 2.50. The van der Waals surface area contributed by atoms with Crippen LogP contribution >= 0.6 is 11.6 Å². The Hall–Kier alpha value is -2.02. The number of aromatic amines is 1. The molecule has 1 heterocycles. The highest BCUT2D eigenvalue weighted by molar-refractivity contribution is 6.33. The molecular formula is C13H11ClF3N3O. The second-order valence-corrected chi connectivity index (χ2v) is 4.80. The van der Waals surface area contributed by atoms with E-state index in [-0.39, 0.29) is 28.7 Å². The first-order chi connectivity index (χ1) is 9.77. The largest absolute Gasteiger partial charge is 0.416 e. The van der Waals surface area contributed by atoms with Gasteiger partial charge in [0.05, 0.1) is 22.8 Å². The van der Waals surface area contributed by atoms with Crippen LogP contribution in [-0.2, 0) is 17.5 Å². The molecule has 0 aliphatic heterocycles. The first-order valence-electron chi connectivity index (χ1n) is 5.92. The van der Waals surface area contributed by atoms with E-state index in [9.17, 15) is 18.0 Å². The topological polar surface area (TPSA) is 50.1 Å². The normalized spacial score (nSPS) is 12.7. The second kappa shape index (κ2) is 5.77. The number of ketones is 1. The lowest BCUT2D eigenvalue weighted by molar-refractivity contribution is -0.137. The molecule has 0 radical (unpaired) electrons. The number of Topliss-reactive ketones (excluding diaryl/α,β-unsaturated/α-hetero) is 1. The third-order valence-electron chi connectivity index (χ3n) is 2.63. The highest BCUT2D eigenvalue weighted by Crippen LogP contribution is 2.34. The van der Waals surface area contributed by atoms with Gasteiger partial charge in [-0.15, -0.1) is 0 Å². The summed E-state index contributed by atoms with van der Waals surface area (Å²) >= 11 is 5.87. The maximum absolute atomic E-state index is 12.7. The average Bonchev–Trinajstić information content (AvgIpc) is 2.77. The van der Waals surface area contributed by atoms with Crippen LogP contribution in [0.3, 0.4) is 0 Å². The molecule has 8 heteroatoms. The van der Waals surface area contributed by atoms with Crippen LogP contribution < -0.4 is 5.62 Å². The SMILES string of the molecule is CC(=O)Cn1cc[nH]c1=Nc1cc(C(F)(F)F)ccc1Cl. The number of alkyl halides is 3. The van der Waals surface area contributed by atoms with Crippen LogP contribution in [0.25, 0.3) is 0 Å². The summed E-state index contributed by atoms with van der Waals surface area (Å²) in [7, 11) is 0. The molecular weight excluding hydrogens is 307 g/mol. The number of carbonyl (C=O) groups is 1. The molecule has 0 saturated heterocycles. The number of hydrogen-bond donors (Lipinski definition) is 1. The summed E-state index contributed by atoms with van der Waals surface area (Å²) in [5.41, 5.74) is -0.618. The minimum Gasteiger partial charge on any atom is -0.331 e. The van der Waals surface area contributed by atoms with Gasteiger partial charge in [-0.25, -0.2) is 4.99 Å². The zero-order chi connectivity index (χ0) is 15.6. The Morgan fingerprint density at radius 1 is 1.43 bits per heavy atom. The number of nitrogens with zero attached hydrogens (tertiary/aromatic N) is 2. The summed E-state index contributed by atoms with van der Waals surface area (Å²) in [6.07, 6.45) is -1.37. The lowest BCUT2D eigenvalue weighted by atomic mass is 10.2. The quantitative estimate of drug-likeness (QED) is 0.927. The molecule has 0 aliphatic rings. The molecule has 0 saturated carbocycles. The van der Waals surface area contributed by atoms with Gasteiger partial charge >= 0.3 is 6.18 Å². The molecule has 1 aromatic heterocycles. The molecule has 0 fully saturated rings. The summed E-state index contributed by atoms with van der Waals surface area (Å²) < 4.78 is 39.5. The molecule has 2 aromatic rings. The molecule has 1 aromatic carbocycles. The molecule has 0 aliphatic carbocycles. The Morgan fingerprint density at radius 2 is 2.14 bits per heavy atom. The van der Waals surface area contributed by atoms with E-state index in [0.29, 0.717) is 0 Å². The lowest BCUT2D eigenvalue weighted by Crippen LogP contribution is -2.21. The fraction of sp³-hybridized carbons (Fsp3) is 0.231. The number of benzene rings is 1. The van der Waals surface area contributed by atoms with Crippen molar-refractivity contribution in [2.24, 2.45) is 4.99 Å². The van der Waals surface area contributed by atoms with Gasteiger partial charge in [0, 0.05) is 12.4 Å². The Kier molecular flexibility index (Phi) is 4.22. The number of aromatic nitrogens is 2. The van der Waals surface area contributed by atoms with Crippen LogP contribution in [0.5, 0.6) is 0 Å². The van der Waals surface area contributed by atoms with Gasteiger partial charge in [-0.1, -0.05) is 11.6 Å². The van der Waals surface area contributed by atoms with E-state index in [4.69, 9.17) is 11.6 Å². The molecule has 21 heavy (non-hydrogen) atoms. The van der Waals surface area contributed by atoms with E-state index in [1.807, 2.05) is 0 Å². The van der Waals surface area contributed by atoms with E-state index in [1.165, 1.54) is 17.7 Å². The van der Waals surface area contributed by atoms with Gasteiger partial charge in [0.1, 0.15) is 5.78 Å². The van der Waals surface area contributed by atoms with Crippen LogP contribution in [0, 0.1) is 0 Å². The van der Waals surface area contributed by atoms with Crippen molar-refractivity contribution in [3.8, 4) is 0 Å². The number of halogens is 4. The predicted molar refractivity (Wildman–Crippen MR) is 71.1 cm³/mol. The average molecular weight is 318 g/mol. The lowest BCUT2D eigenvalue weighted by Gasteiger charge is -2.08. The Morgan fingerprint density at radius 3 is 2.76 bits per heavy atom. The van der Waals surface area contributed by atoms with Gasteiger partial charge in [0.2, 0.25) is 5.62 Å². The van der Waals surface area contributed by atoms with E-state index in [0.717, 1.165) is 18.2 Å². The van der Waals surface area contributed by atoms with Crippen molar-refractivity contribution in [1.29, 1.82) is 0 Å². The summed E-state index contributed by atoms with van der Waals surface area (Å²) in [6.45, 7) is 1.47.